The van der Waals surface area contributed by atoms with Crippen LogP contribution in [-0.4, -0.2) is 123 Å². The smallest absolute Gasteiger partial charge is 0.225 e. The van der Waals surface area contributed by atoms with Gasteiger partial charge in [-0.15, -0.1) is 0 Å². The standard InChI is InChI=1S/C31H40N10O2/c1-37-11-13-38(14-12-37)9-7-28(42)39-10-8-31(21-39)17-27(31)35-30-32-19-26-29(36-30)41(22-33-26)25-5-3-23(4-6-25)24-18-34-40(20-24)15-16-43-2/h3-6,18-20,22,27H,7-17,21H2,1-2H3,(H,32,35,36)/t27-,31-/m1/s1. The number of imidazole rings is 1. The number of ether oxygens (including phenoxy) is 1. The molecule has 1 amide bonds. The molecule has 43 heavy (non-hydrogen) atoms. The monoisotopic (exact) mass is 584 g/mol. The van der Waals surface area contributed by atoms with Crippen molar-refractivity contribution in [3.63, 3.8) is 0 Å². The van der Waals surface area contributed by atoms with Crippen molar-refractivity contribution >= 4 is 23.0 Å². The number of anilines is 1. The van der Waals surface area contributed by atoms with Crippen LogP contribution in [0.2, 0.25) is 0 Å². The molecule has 0 bridgehead atoms. The van der Waals surface area contributed by atoms with Crippen molar-refractivity contribution in [1.82, 2.24) is 44.0 Å². The van der Waals surface area contributed by atoms with Gasteiger partial charge in [-0.05, 0) is 37.6 Å². The Balaban J connectivity index is 0.969. The molecule has 3 fully saturated rings. The summed E-state index contributed by atoms with van der Waals surface area (Å²) in [5.74, 6) is 0.894. The molecule has 4 aromatic rings. The summed E-state index contributed by atoms with van der Waals surface area (Å²) in [7, 11) is 3.85. The quantitative estimate of drug-likeness (QED) is 0.301. The number of rotatable bonds is 10. The van der Waals surface area contributed by atoms with E-state index in [4.69, 9.17) is 9.72 Å². The number of amides is 1. The number of hydrogen-bond acceptors (Lipinski definition) is 9. The predicted octanol–water partition coefficient (Wildman–Crippen LogP) is 2.37. The van der Waals surface area contributed by atoms with Crippen molar-refractivity contribution in [3.8, 4) is 16.8 Å². The molecular weight excluding hydrogens is 544 g/mol. The summed E-state index contributed by atoms with van der Waals surface area (Å²) in [4.78, 5) is 33.8. The Hall–Kier alpha value is -3.87. The highest BCUT2D eigenvalue weighted by molar-refractivity contribution is 5.77. The zero-order valence-electron chi connectivity index (χ0n) is 25.0. The van der Waals surface area contributed by atoms with Crippen LogP contribution < -0.4 is 5.32 Å². The van der Waals surface area contributed by atoms with Gasteiger partial charge in [0, 0.05) is 88.2 Å². The Labute approximate surface area is 251 Å². The second-order valence-electron chi connectivity index (χ2n) is 12.3. The lowest BCUT2D eigenvalue weighted by atomic mass is 10.1. The highest BCUT2D eigenvalue weighted by Gasteiger charge is 2.58. The minimum Gasteiger partial charge on any atom is -0.383 e. The second kappa shape index (κ2) is 11.7. The molecule has 12 heteroatoms. The van der Waals surface area contributed by atoms with E-state index < -0.39 is 0 Å². The van der Waals surface area contributed by atoms with Gasteiger partial charge in [-0.2, -0.15) is 10.1 Å². The number of likely N-dealkylation sites (tertiary alicyclic amines) is 1. The van der Waals surface area contributed by atoms with E-state index in [1.165, 1.54) is 0 Å². The third kappa shape index (κ3) is 5.86. The zero-order chi connectivity index (χ0) is 29.4. The molecule has 2 saturated heterocycles. The van der Waals surface area contributed by atoms with Gasteiger partial charge >= 0.3 is 0 Å². The van der Waals surface area contributed by atoms with Gasteiger partial charge in [-0.25, -0.2) is 9.97 Å². The van der Waals surface area contributed by atoms with E-state index in [2.05, 4.69) is 66.4 Å². The van der Waals surface area contributed by atoms with Crippen molar-refractivity contribution in [2.45, 2.75) is 31.8 Å². The zero-order valence-corrected chi connectivity index (χ0v) is 25.0. The van der Waals surface area contributed by atoms with Crippen LogP contribution in [0.25, 0.3) is 28.0 Å². The first-order valence-corrected chi connectivity index (χ1v) is 15.3. The Morgan fingerprint density at radius 1 is 1.05 bits per heavy atom. The van der Waals surface area contributed by atoms with Gasteiger partial charge in [-0.3, -0.25) is 14.0 Å². The van der Waals surface area contributed by atoms with Crippen LogP contribution in [0.4, 0.5) is 5.95 Å². The number of methoxy groups -OCH3 is 1. The third-order valence-electron chi connectivity index (χ3n) is 9.40. The lowest BCUT2D eigenvalue weighted by Gasteiger charge is -2.32. The molecule has 0 unspecified atom stereocenters. The minimum absolute atomic E-state index is 0.134. The van der Waals surface area contributed by atoms with Crippen LogP contribution in [0.1, 0.15) is 19.3 Å². The van der Waals surface area contributed by atoms with Gasteiger partial charge in [0.1, 0.15) is 11.8 Å². The lowest BCUT2D eigenvalue weighted by molar-refractivity contribution is -0.130. The van der Waals surface area contributed by atoms with Gasteiger partial charge in [0.05, 0.1) is 25.5 Å². The molecule has 2 atom stereocenters. The van der Waals surface area contributed by atoms with Crippen LogP contribution in [0.15, 0.2) is 49.2 Å². The molecule has 3 aromatic heterocycles. The number of nitrogens with zero attached hydrogens (tertiary/aromatic N) is 9. The Morgan fingerprint density at radius 2 is 1.88 bits per heavy atom. The van der Waals surface area contributed by atoms with Crippen molar-refractivity contribution in [1.29, 1.82) is 0 Å². The maximum Gasteiger partial charge on any atom is 0.225 e. The number of piperazine rings is 1. The first kappa shape index (κ1) is 27.9. The van der Waals surface area contributed by atoms with Crippen molar-refractivity contribution in [2.75, 3.05) is 71.9 Å². The maximum atomic E-state index is 13.0. The van der Waals surface area contributed by atoms with Gasteiger partial charge in [0.2, 0.25) is 11.9 Å². The van der Waals surface area contributed by atoms with Crippen LogP contribution in [0.5, 0.6) is 0 Å². The van der Waals surface area contributed by atoms with E-state index in [1.807, 2.05) is 21.6 Å². The van der Waals surface area contributed by atoms with Gasteiger partial charge in [-0.1, -0.05) is 12.1 Å². The molecule has 226 valence electrons. The normalized spacial score (nSPS) is 22.6. The molecular formula is C31H40N10O2. The van der Waals surface area contributed by atoms with Crippen LogP contribution >= 0.6 is 0 Å². The largest absolute Gasteiger partial charge is 0.383 e. The highest BCUT2D eigenvalue weighted by atomic mass is 16.5. The van der Waals surface area contributed by atoms with Crippen molar-refractivity contribution in [3.05, 3.63) is 49.2 Å². The van der Waals surface area contributed by atoms with Crippen LogP contribution in [0, 0.1) is 5.41 Å². The number of carbonyl (C=O) groups is 1. The van der Waals surface area contributed by atoms with Crippen molar-refractivity contribution < 1.29 is 9.53 Å². The molecule has 7 rings (SSSR count). The molecule has 0 radical (unpaired) electrons. The second-order valence-corrected chi connectivity index (χ2v) is 12.3. The molecule has 12 nitrogen and oxygen atoms in total. The average molecular weight is 585 g/mol. The van der Waals surface area contributed by atoms with E-state index in [0.717, 1.165) is 93.2 Å². The SMILES string of the molecule is COCCn1cc(-c2ccc(-n3cnc4cnc(N[C@@H]5C[C@@]56CCN(C(=O)CCN5CCN(C)CC5)C6)nc43)cc2)cn1. The molecule has 1 aliphatic carbocycles. The number of aromatic nitrogens is 6. The number of nitrogens with one attached hydrogen (secondary N) is 1. The molecule has 2 aliphatic heterocycles. The number of fused-ring (bicyclic) bond motifs is 1. The summed E-state index contributed by atoms with van der Waals surface area (Å²) in [6, 6.07) is 8.60. The molecule has 1 N–H and O–H groups in total. The van der Waals surface area contributed by atoms with Crippen LogP contribution in [0.3, 0.4) is 0 Å². The molecule has 1 spiro atoms. The number of hydrogen-bond donors (Lipinski definition) is 1. The Bertz CT molecular complexity index is 1570. The maximum absolute atomic E-state index is 13.0. The topological polar surface area (TPSA) is 109 Å². The average Bonchev–Trinajstić information content (AvgIpc) is 3.45. The third-order valence-corrected chi connectivity index (χ3v) is 9.40. The minimum atomic E-state index is 0.134. The first-order valence-electron chi connectivity index (χ1n) is 15.3. The molecule has 5 heterocycles. The van der Waals surface area contributed by atoms with Crippen molar-refractivity contribution in [2.24, 2.45) is 5.41 Å². The number of carbonyl (C=O) groups excluding carboxylic acids is 1. The Kier molecular flexibility index (Phi) is 7.58. The summed E-state index contributed by atoms with van der Waals surface area (Å²) >= 11 is 0. The predicted molar refractivity (Wildman–Crippen MR) is 164 cm³/mol. The summed E-state index contributed by atoms with van der Waals surface area (Å²) in [5.41, 5.74) is 4.78. The van der Waals surface area contributed by atoms with Gasteiger partial charge < -0.3 is 24.8 Å². The number of likely N-dealkylation sites (N-methyl/N-ethyl adjacent to an activating group) is 1. The summed E-state index contributed by atoms with van der Waals surface area (Å²) in [6.45, 7) is 8.15. The fraction of sp³-hybridized carbons (Fsp3) is 0.516. The van der Waals surface area contributed by atoms with E-state index in [9.17, 15) is 4.79 Å². The summed E-state index contributed by atoms with van der Waals surface area (Å²) in [6.07, 6.45) is 10.2. The van der Waals surface area contributed by atoms with Gasteiger partial charge in [0.15, 0.2) is 5.65 Å². The fourth-order valence-electron chi connectivity index (χ4n) is 6.45. The Morgan fingerprint density at radius 3 is 2.70 bits per heavy atom. The van der Waals surface area contributed by atoms with E-state index >= 15 is 0 Å². The molecule has 1 aromatic carbocycles. The molecule has 1 saturated carbocycles. The van der Waals surface area contributed by atoms with E-state index in [-0.39, 0.29) is 17.4 Å². The summed E-state index contributed by atoms with van der Waals surface area (Å²) < 4.78 is 9.03. The number of benzene rings is 1. The van der Waals surface area contributed by atoms with E-state index in [0.29, 0.717) is 19.0 Å². The fourth-order valence-corrected chi connectivity index (χ4v) is 6.45. The van der Waals surface area contributed by atoms with Crippen LogP contribution in [-0.2, 0) is 16.1 Å². The van der Waals surface area contributed by atoms with Gasteiger partial charge in [0.25, 0.3) is 0 Å². The first-order chi connectivity index (χ1) is 21.0. The molecule has 3 aliphatic rings. The lowest BCUT2D eigenvalue weighted by Crippen LogP contribution is -2.45. The van der Waals surface area contributed by atoms with E-state index in [1.54, 1.807) is 19.6 Å². The summed E-state index contributed by atoms with van der Waals surface area (Å²) in [5, 5.41) is 8.00. The highest BCUT2D eigenvalue weighted by Crippen LogP contribution is 2.54.